The molecule has 0 spiro atoms. The first kappa shape index (κ1) is 21.5. The molecule has 0 aliphatic heterocycles. The second-order valence-corrected chi connectivity index (χ2v) is 1.96. The Morgan fingerprint density at radius 3 is 1.31 bits per heavy atom. The van der Waals surface area contributed by atoms with Crippen molar-refractivity contribution < 1.29 is 38.9 Å². The van der Waals surface area contributed by atoms with Crippen molar-refractivity contribution in [3.05, 3.63) is 0 Å². The summed E-state index contributed by atoms with van der Waals surface area (Å²) in [5.74, 6) is -3.06. The number of carbonyl (C=O) groups is 4. The standard InChI is InChI=1S/C6H6O8.2Na.2H/c7-1-13-5(11)3(9)4(10)6(12)14-2-8;;;;/h1-4,9-10H;;;;. The van der Waals surface area contributed by atoms with E-state index in [1.807, 2.05) is 0 Å². The molecule has 0 bridgehead atoms. The van der Waals surface area contributed by atoms with Crippen LogP contribution in [0.4, 0.5) is 0 Å². The van der Waals surface area contributed by atoms with Crippen molar-refractivity contribution in [2.75, 3.05) is 0 Å². The van der Waals surface area contributed by atoms with Crippen molar-refractivity contribution in [2.45, 2.75) is 12.2 Å². The van der Waals surface area contributed by atoms with Crippen LogP contribution in [-0.2, 0) is 28.7 Å². The first-order valence-corrected chi connectivity index (χ1v) is 3.19. The number of esters is 2. The zero-order valence-corrected chi connectivity index (χ0v) is 6.65. The molecule has 0 amide bonds. The molecule has 0 saturated heterocycles. The fraction of sp³-hybridized carbons (Fsp3) is 0.333. The Balaban J connectivity index is -0.000000845. The number of carbonyl (C=O) groups excluding carboxylic acids is 4. The SMILES string of the molecule is O=COC(=O)C(O)C(O)C(=O)OC=O.[NaH].[NaH]. The van der Waals surface area contributed by atoms with Gasteiger partial charge in [-0.25, -0.2) is 9.59 Å². The van der Waals surface area contributed by atoms with Crippen LogP contribution in [0.5, 0.6) is 0 Å². The molecule has 0 aromatic rings. The van der Waals surface area contributed by atoms with Gasteiger partial charge in [0.1, 0.15) is 0 Å². The summed E-state index contributed by atoms with van der Waals surface area (Å²) in [5, 5.41) is 17.6. The van der Waals surface area contributed by atoms with E-state index < -0.39 is 24.1 Å². The summed E-state index contributed by atoms with van der Waals surface area (Å²) in [6, 6.07) is 0. The van der Waals surface area contributed by atoms with E-state index in [-0.39, 0.29) is 72.1 Å². The van der Waals surface area contributed by atoms with Crippen LogP contribution in [0.25, 0.3) is 0 Å². The van der Waals surface area contributed by atoms with Crippen molar-refractivity contribution >= 4 is 84.0 Å². The molecule has 0 fully saturated rings. The molecule has 0 saturated carbocycles. The second kappa shape index (κ2) is 11.7. The molecule has 0 radical (unpaired) electrons. The van der Waals surface area contributed by atoms with Gasteiger partial charge in [-0.1, -0.05) is 0 Å². The minimum atomic E-state index is -2.28. The molecular weight excluding hydrogens is 246 g/mol. The fourth-order valence-corrected chi connectivity index (χ4v) is 0.492. The van der Waals surface area contributed by atoms with E-state index in [0.29, 0.717) is 0 Å². The first-order chi connectivity index (χ1) is 6.54. The van der Waals surface area contributed by atoms with Gasteiger partial charge in [-0.2, -0.15) is 0 Å². The van der Waals surface area contributed by atoms with Gasteiger partial charge in [0, 0.05) is 0 Å². The van der Waals surface area contributed by atoms with Crippen LogP contribution in [0.2, 0.25) is 0 Å². The van der Waals surface area contributed by atoms with Gasteiger partial charge in [0.25, 0.3) is 0 Å². The molecule has 0 aliphatic rings. The Hall–Kier alpha value is 0.200. The van der Waals surface area contributed by atoms with Gasteiger partial charge >= 0.3 is 84.0 Å². The van der Waals surface area contributed by atoms with Gasteiger partial charge in [0.2, 0.25) is 0 Å². The first-order valence-electron chi connectivity index (χ1n) is 3.19. The maximum atomic E-state index is 10.5. The van der Waals surface area contributed by atoms with E-state index in [9.17, 15) is 19.2 Å². The van der Waals surface area contributed by atoms with E-state index in [2.05, 4.69) is 9.47 Å². The number of aliphatic hydroxyl groups excluding tert-OH is 2. The Morgan fingerprint density at radius 1 is 0.875 bits per heavy atom. The van der Waals surface area contributed by atoms with Gasteiger partial charge < -0.3 is 19.7 Å². The van der Waals surface area contributed by atoms with Gasteiger partial charge in [0.15, 0.2) is 12.2 Å². The van der Waals surface area contributed by atoms with Gasteiger partial charge in [-0.3, -0.25) is 9.59 Å². The van der Waals surface area contributed by atoms with Crippen LogP contribution in [-0.4, -0.2) is 106 Å². The summed E-state index contributed by atoms with van der Waals surface area (Å²) in [5.41, 5.74) is 0. The normalized spacial score (nSPS) is 11.9. The van der Waals surface area contributed by atoms with Crippen molar-refractivity contribution in [3.63, 3.8) is 0 Å². The average molecular weight is 254 g/mol. The van der Waals surface area contributed by atoms with Crippen LogP contribution < -0.4 is 0 Å². The van der Waals surface area contributed by atoms with Crippen molar-refractivity contribution in [1.82, 2.24) is 0 Å². The molecule has 0 aliphatic carbocycles. The number of hydrogen-bond acceptors (Lipinski definition) is 8. The van der Waals surface area contributed by atoms with Gasteiger partial charge in [-0.05, 0) is 0 Å². The predicted octanol–water partition coefficient (Wildman–Crippen LogP) is -4.19. The van der Waals surface area contributed by atoms with Crippen LogP contribution >= 0.6 is 0 Å². The minimum absolute atomic E-state index is 0. The number of ether oxygens (including phenoxy) is 2. The van der Waals surface area contributed by atoms with E-state index in [1.54, 1.807) is 0 Å². The molecule has 2 N–H and O–H groups in total. The molecule has 0 aromatic heterocycles. The Morgan fingerprint density at radius 2 is 1.12 bits per heavy atom. The summed E-state index contributed by atoms with van der Waals surface area (Å²) in [6.07, 6.45) is -4.57. The quantitative estimate of drug-likeness (QED) is 0.219. The summed E-state index contributed by atoms with van der Waals surface area (Å²) >= 11 is 0. The van der Waals surface area contributed by atoms with E-state index in [0.717, 1.165) is 0 Å². The van der Waals surface area contributed by atoms with Crippen LogP contribution in [0, 0.1) is 0 Å². The third-order valence-electron chi connectivity index (χ3n) is 1.11. The monoisotopic (exact) mass is 254 g/mol. The van der Waals surface area contributed by atoms with Gasteiger partial charge in [-0.15, -0.1) is 0 Å². The molecule has 2 atom stereocenters. The number of rotatable bonds is 5. The third-order valence-corrected chi connectivity index (χ3v) is 1.11. The maximum absolute atomic E-state index is 10.5. The molecule has 10 heteroatoms. The Bertz CT molecular complexity index is 229. The average Bonchev–Trinajstić information content (AvgIpc) is 2.16. The molecule has 0 rings (SSSR count). The summed E-state index contributed by atoms with van der Waals surface area (Å²) in [7, 11) is 0. The molecule has 2 unspecified atom stereocenters. The molecule has 0 heterocycles. The Labute approximate surface area is 134 Å². The third kappa shape index (κ3) is 7.47. The molecule has 8 nitrogen and oxygen atoms in total. The summed E-state index contributed by atoms with van der Waals surface area (Å²) in [4.78, 5) is 40.3. The molecule has 82 valence electrons. The molecular formula is C6H8Na2O8. The zero-order valence-electron chi connectivity index (χ0n) is 6.65. The number of aliphatic hydroxyl groups is 2. The van der Waals surface area contributed by atoms with Crippen LogP contribution in [0.15, 0.2) is 0 Å². The molecule has 16 heavy (non-hydrogen) atoms. The van der Waals surface area contributed by atoms with Crippen LogP contribution in [0.1, 0.15) is 0 Å². The van der Waals surface area contributed by atoms with Gasteiger partial charge in [0.05, 0.1) is 0 Å². The summed E-state index contributed by atoms with van der Waals surface area (Å²) < 4.78 is 7.25. The van der Waals surface area contributed by atoms with E-state index in [4.69, 9.17) is 10.2 Å². The van der Waals surface area contributed by atoms with E-state index in [1.165, 1.54) is 0 Å². The van der Waals surface area contributed by atoms with Crippen LogP contribution in [0.3, 0.4) is 0 Å². The molecule has 0 aromatic carbocycles. The van der Waals surface area contributed by atoms with Crippen molar-refractivity contribution in [2.24, 2.45) is 0 Å². The second-order valence-electron chi connectivity index (χ2n) is 1.96. The number of hydrogen-bond donors (Lipinski definition) is 2. The summed E-state index contributed by atoms with van der Waals surface area (Å²) in [6.45, 7) is -0.577. The fourth-order valence-electron chi connectivity index (χ4n) is 0.492. The topological polar surface area (TPSA) is 127 Å². The zero-order chi connectivity index (χ0) is 11.1. The predicted molar refractivity (Wildman–Crippen MR) is 50.6 cm³/mol. The van der Waals surface area contributed by atoms with Crippen molar-refractivity contribution in [3.8, 4) is 0 Å². The van der Waals surface area contributed by atoms with E-state index >= 15 is 0 Å². The van der Waals surface area contributed by atoms with Crippen molar-refractivity contribution in [1.29, 1.82) is 0 Å². The Kier molecular flexibility index (Phi) is 15.7.